The molecule has 0 fully saturated rings. The van der Waals surface area contributed by atoms with Crippen molar-refractivity contribution in [3.05, 3.63) is 58.9 Å². The summed E-state index contributed by atoms with van der Waals surface area (Å²) < 4.78 is 24.5. The Hall–Kier alpha value is -3.24. The molecule has 1 heterocycles. The molecular formula is C23H23FN4OS. The highest BCUT2D eigenvalue weighted by Crippen LogP contribution is 2.39. The van der Waals surface area contributed by atoms with Gasteiger partial charge in [-0.05, 0) is 63.1 Å². The summed E-state index contributed by atoms with van der Waals surface area (Å²) in [5, 5.41) is 9.99. The molecule has 3 rings (SSSR count). The van der Waals surface area contributed by atoms with Crippen LogP contribution in [0.15, 0.2) is 41.4 Å². The number of aromatic nitrogens is 1. The van der Waals surface area contributed by atoms with Gasteiger partial charge < -0.3 is 9.64 Å². The minimum absolute atomic E-state index is 0.225. The molecule has 0 aliphatic rings. The van der Waals surface area contributed by atoms with Crippen LogP contribution in [0.4, 0.5) is 10.1 Å². The van der Waals surface area contributed by atoms with E-state index < -0.39 is 5.82 Å². The second-order valence-electron chi connectivity index (χ2n) is 7.30. The minimum atomic E-state index is -0.425. The van der Waals surface area contributed by atoms with Gasteiger partial charge in [0.25, 0.3) is 0 Å². The number of benzene rings is 2. The molecule has 1 aromatic heterocycles. The van der Waals surface area contributed by atoms with Crippen molar-refractivity contribution >= 4 is 23.6 Å². The predicted molar refractivity (Wildman–Crippen MR) is 119 cm³/mol. The molecule has 0 saturated heterocycles. The van der Waals surface area contributed by atoms with E-state index in [1.54, 1.807) is 18.2 Å². The Balaban J connectivity index is 1.92. The molecule has 7 heteroatoms. The maximum absolute atomic E-state index is 14.2. The Labute approximate surface area is 180 Å². The number of halogens is 1. The largest absolute Gasteiger partial charge is 0.443 e. The van der Waals surface area contributed by atoms with E-state index >= 15 is 0 Å². The molecule has 154 valence electrons. The van der Waals surface area contributed by atoms with E-state index in [4.69, 9.17) is 4.74 Å². The lowest BCUT2D eigenvalue weighted by Gasteiger charge is -2.17. The summed E-state index contributed by atoms with van der Waals surface area (Å²) in [6.45, 7) is 8.07. The van der Waals surface area contributed by atoms with E-state index in [2.05, 4.69) is 29.3 Å². The topological polar surface area (TPSA) is 61.5 Å². The molecule has 0 amide bonds. The SMILES string of the molecule is Cc1cc(Oc2snc(-c3ccccc3F)c2C#N)c(C)cc1N=CN(C)C(C)C. The van der Waals surface area contributed by atoms with Gasteiger partial charge in [-0.15, -0.1) is 0 Å². The molecule has 0 unspecified atom stereocenters. The average molecular weight is 423 g/mol. The Morgan fingerprint density at radius 2 is 1.97 bits per heavy atom. The predicted octanol–water partition coefficient (Wildman–Crippen LogP) is 6.23. The standard InChI is InChI=1S/C23H23FN4OS/c1-14(2)28(5)13-26-20-10-16(4)21(11-15(20)3)29-23-18(12-25)22(27-30-23)17-8-6-7-9-19(17)24/h6-11,13-14H,1-5H3. The van der Waals surface area contributed by atoms with Crippen LogP contribution in [0.25, 0.3) is 11.3 Å². The van der Waals surface area contributed by atoms with Crippen molar-refractivity contribution < 1.29 is 9.13 Å². The number of hydrogen-bond acceptors (Lipinski definition) is 5. The van der Waals surface area contributed by atoms with Gasteiger partial charge in [0.15, 0.2) is 0 Å². The third-order valence-corrected chi connectivity index (χ3v) is 5.52. The summed E-state index contributed by atoms with van der Waals surface area (Å²) in [4.78, 5) is 6.59. The van der Waals surface area contributed by atoms with Crippen LogP contribution in [-0.2, 0) is 0 Å². The first-order valence-electron chi connectivity index (χ1n) is 9.51. The van der Waals surface area contributed by atoms with Gasteiger partial charge in [-0.3, -0.25) is 0 Å². The smallest absolute Gasteiger partial charge is 0.218 e. The third-order valence-electron chi connectivity index (χ3n) is 4.79. The Kier molecular flexibility index (Phi) is 6.48. The van der Waals surface area contributed by atoms with Crippen molar-refractivity contribution in [2.45, 2.75) is 33.7 Å². The van der Waals surface area contributed by atoms with E-state index in [0.717, 1.165) is 28.3 Å². The van der Waals surface area contributed by atoms with Crippen molar-refractivity contribution in [2.24, 2.45) is 4.99 Å². The van der Waals surface area contributed by atoms with E-state index in [1.807, 2.05) is 44.3 Å². The van der Waals surface area contributed by atoms with E-state index in [0.29, 0.717) is 22.5 Å². The molecule has 5 nitrogen and oxygen atoms in total. The van der Waals surface area contributed by atoms with Crippen molar-refractivity contribution in [2.75, 3.05) is 7.05 Å². The molecule has 0 N–H and O–H groups in total. The monoisotopic (exact) mass is 422 g/mol. The Morgan fingerprint density at radius 3 is 2.63 bits per heavy atom. The molecule has 3 aromatic rings. The number of aryl methyl sites for hydroxylation is 2. The second-order valence-corrected chi connectivity index (χ2v) is 8.03. The molecule has 30 heavy (non-hydrogen) atoms. The Bertz CT molecular complexity index is 1130. The van der Waals surface area contributed by atoms with Crippen LogP contribution in [0.1, 0.15) is 30.5 Å². The maximum Gasteiger partial charge on any atom is 0.218 e. The summed E-state index contributed by atoms with van der Waals surface area (Å²) in [6, 6.07) is 12.6. The highest BCUT2D eigenvalue weighted by molar-refractivity contribution is 7.08. The number of rotatable bonds is 6. The van der Waals surface area contributed by atoms with Crippen LogP contribution in [0.5, 0.6) is 10.8 Å². The van der Waals surface area contributed by atoms with Crippen LogP contribution < -0.4 is 4.74 Å². The zero-order valence-corrected chi connectivity index (χ0v) is 18.4. The molecule has 0 atom stereocenters. The fourth-order valence-corrected chi connectivity index (χ4v) is 3.41. The lowest BCUT2D eigenvalue weighted by Crippen LogP contribution is -2.24. The molecule has 0 bridgehead atoms. The van der Waals surface area contributed by atoms with E-state index in [-0.39, 0.29) is 11.1 Å². The summed E-state index contributed by atoms with van der Waals surface area (Å²) in [5.74, 6) is 0.190. The van der Waals surface area contributed by atoms with Crippen LogP contribution >= 0.6 is 11.5 Å². The minimum Gasteiger partial charge on any atom is -0.443 e. The first-order valence-corrected chi connectivity index (χ1v) is 10.3. The maximum atomic E-state index is 14.2. The van der Waals surface area contributed by atoms with Gasteiger partial charge in [0.05, 0.1) is 12.0 Å². The van der Waals surface area contributed by atoms with Crippen LogP contribution in [0.3, 0.4) is 0 Å². The van der Waals surface area contributed by atoms with Gasteiger partial charge in [-0.1, -0.05) is 12.1 Å². The van der Waals surface area contributed by atoms with Crippen LogP contribution in [-0.4, -0.2) is 28.7 Å². The molecule has 0 spiro atoms. The molecule has 2 aromatic carbocycles. The first kappa shape index (κ1) is 21.5. The normalized spacial score (nSPS) is 11.1. The second kappa shape index (κ2) is 9.06. The van der Waals surface area contributed by atoms with Crippen molar-refractivity contribution in [1.82, 2.24) is 9.27 Å². The summed E-state index contributed by atoms with van der Waals surface area (Å²) in [7, 11) is 1.98. The molecule has 0 aliphatic heterocycles. The number of ether oxygens (including phenoxy) is 1. The zero-order valence-electron chi connectivity index (χ0n) is 17.6. The number of nitrogens with zero attached hydrogens (tertiary/aromatic N) is 4. The van der Waals surface area contributed by atoms with Crippen LogP contribution in [0, 0.1) is 31.0 Å². The van der Waals surface area contributed by atoms with Crippen molar-refractivity contribution in [3.63, 3.8) is 0 Å². The zero-order chi connectivity index (χ0) is 21.8. The van der Waals surface area contributed by atoms with Gasteiger partial charge in [-0.25, -0.2) is 9.38 Å². The number of nitriles is 1. The average Bonchev–Trinajstić information content (AvgIpc) is 3.11. The van der Waals surface area contributed by atoms with Gasteiger partial charge >= 0.3 is 0 Å². The quantitative estimate of drug-likeness (QED) is 0.349. The summed E-state index contributed by atoms with van der Waals surface area (Å²) in [6.07, 6.45) is 1.81. The highest BCUT2D eigenvalue weighted by Gasteiger charge is 2.20. The fourth-order valence-electron chi connectivity index (χ4n) is 2.69. The van der Waals surface area contributed by atoms with E-state index in [1.165, 1.54) is 6.07 Å². The van der Waals surface area contributed by atoms with E-state index in [9.17, 15) is 9.65 Å². The Morgan fingerprint density at radius 1 is 1.23 bits per heavy atom. The van der Waals surface area contributed by atoms with Crippen molar-refractivity contribution in [3.8, 4) is 28.1 Å². The first-order chi connectivity index (χ1) is 14.3. The lowest BCUT2D eigenvalue weighted by atomic mass is 10.1. The van der Waals surface area contributed by atoms with Gasteiger partial charge in [0.2, 0.25) is 5.06 Å². The molecule has 0 saturated carbocycles. The molecule has 0 aliphatic carbocycles. The molecular weight excluding hydrogens is 399 g/mol. The summed E-state index contributed by atoms with van der Waals surface area (Å²) >= 11 is 1.04. The third kappa shape index (κ3) is 4.50. The lowest BCUT2D eigenvalue weighted by molar-refractivity contribution is 0.429. The highest BCUT2D eigenvalue weighted by atomic mass is 32.1. The molecule has 0 radical (unpaired) electrons. The fraction of sp³-hybridized carbons (Fsp3) is 0.261. The van der Waals surface area contributed by atoms with Gasteiger partial charge in [0, 0.05) is 30.2 Å². The van der Waals surface area contributed by atoms with Gasteiger partial charge in [-0.2, -0.15) is 9.64 Å². The van der Waals surface area contributed by atoms with Crippen LogP contribution in [0.2, 0.25) is 0 Å². The number of aliphatic imine (C=N–C) groups is 1. The summed E-state index contributed by atoms with van der Waals surface area (Å²) in [5.41, 5.74) is 3.48. The van der Waals surface area contributed by atoms with Crippen molar-refractivity contribution in [1.29, 1.82) is 5.26 Å². The van der Waals surface area contributed by atoms with Gasteiger partial charge in [0.1, 0.15) is 28.9 Å². The number of hydrogen-bond donors (Lipinski definition) is 0.